The van der Waals surface area contributed by atoms with E-state index in [9.17, 15) is 0 Å². The number of aromatic nitrogens is 1. The molecular weight excluding hydrogens is 282 g/mol. The summed E-state index contributed by atoms with van der Waals surface area (Å²) in [7, 11) is 0. The Morgan fingerprint density at radius 2 is 1.90 bits per heavy atom. The topological polar surface area (TPSA) is 37.4 Å². The quantitative estimate of drug-likeness (QED) is 0.907. The van der Waals surface area contributed by atoms with Crippen LogP contribution in [0.5, 0.6) is 0 Å². The molecule has 0 amide bonds. The van der Waals surface area contributed by atoms with E-state index in [2.05, 4.69) is 57.1 Å². The first kappa shape index (κ1) is 16.9. The third-order valence-electron chi connectivity index (χ3n) is 3.41. The molecule has 1 aliphatic rings. The Hall–Kier alpha value is -0.490. The van der Waals surface area contributed by atoms with Crippen molar-refractivity contribution in [3.63, 3.8) is 0 Å². The van der Waals surface area contributed by atoms with E-state index in [0.29, 0.717) is 6.04 Å². The summed E-state index contributed by atoms with van der Waals surface area (Å²) < 4.78 is 6.13. The number of thiazole rings is 1. The van der Waals surface area contributed by atoms with Gasteiger partial charge in [0.25, 0.3) is 0 Å². The summed E-state index contributed by atoms with van der Waals surface area (Å²) in [5.41, 5.74) is 0.980. The summed E-state index contributed by atoms with van der Waals surface area (Å²) in [4.78, 5) is 7.20. The van der Waals surface area contributed by atoms with Gasteiger partial charge >= 0.3 is 0 Å². The number of morpholine rings is 1. The van der Waals surface area contributed by atoms with E-state index < -0.39 is 0 Å². The maximum atomic E-state index is 6.13. The molecule has 1 aromatic rings. The number of hydrogen-bond donors (Lipinski definition) is 1. The third-order valence-corrected chi connectivity index (χ3v) is 4.31. The van der Waals surface area contributed by atoms with E-state index in [1.54, 1.807) is 11.3 Å². The fraction of sp³-hybridized carbons (Fsp3) is 0.812. The Labute approximate surface area is 132 Å². The van der Waals surface area contributed by atoms with Crippen LogP contribution in [0.4, 0.5) is 0 Å². The molecule has 2 heterocycles. The number of hydrogen-bond acceptors (Lipinski definition) is 5. The van der Waals surface area contributed by atoms with E-state index >= 15 is 0 Å². The van der Waals surface area contributed by atoms with Crippen LogP contribution in [0.3, 0.4) is 0 Å². The molecule has 120 valence electrons. The maximum Gasteiger partial charge on any atom is 0.107 e. The second kappa shape index (κ2) is 6.32. The second-order valence-electron chi connectivity index (χ2n) is 7.53. The Kier molecular flexibility index (Phi) is 5.08. The molecule has 4 nitrogen and oxygen atoms in total. The van der Waals surface area contributed by atoms with Crippen LogP contribution < -0.4 is 5.32 Å². The van der Waals surface area contributed by atoms with Crippen LogP contribution in [0.1, 0.15) is 52.2 Å². The fourth-order valence-corrected chi connectivity index (χ4v) is 3.82. The van der Waals surface area contributed by atoms with Gasteiger partial charge < -0.3 is 10.1 Å². The zero-order chi connectivity index (χ0) is 15.7. The number of rotatable bonds is 5. The van der Waals surface area contributed by atoms with Crippen molar-refractivity contribution in [1.82, 2.24) is 15.2 Å². The Morgan fingerprint density at radius 3 is 2.48 bits per heavy atom. The van der Waals surface area contributed by atoms with Crippen LogP contribution in [0.15, 0.2) is 5.38 Å². The van der Waals surface area contributed by atoms with E-state index in [1.165, 1.54) is 10.7 Å². The van der Waals surface area contributed by atoms with Crippen LogP contribution >= 0.6 is 11.3 Å². The first-order valence-corrected chi connectivity index (χ1v) is 8.62. The van der Waals surface area contributed by atoms with Gasteiger partial charge in [-0.3, -0.25) is 4.90 Å². The minimum absolute atomic E-state index is 0.0974. The van der Waals surface area contributed by atoms with Crippen molar-refractivity contribution in [2.45, 2.75) is 71.9 Å². The molecule has 0 radical (unpaired) electrons. The van der Waals surface area contributed by atoms with Gasteiger partial charge in [0.2, 0.25) is 0 Å². The largest absolute Gasteiger partial charge is 0.367 e. The molecule has 0 bridgehead atoms. The molecule has 0 atom stereocenters. The van der Waals surface area contributed by atoms with Gasteiger partial charge in [0.05, 0.1) is 16.9 Å². The molecule has 2 rings (SSSR count). The molecular formula is C16H29N3OS. The highest BCUT2D eigenvalue weighted by Crippen LogP contribution is 2.29. The molecule has 0 spiro atoms. The zero-order valence-electron chi connectivity index (χ0n) is 14.2. The summed E-state index contributed by atoms with van der Waals surface area (Å²) >= 11 is 1.75. The van der Waals surface area contributed by atoms with Gasteiger partial charge in [-0.25, -0.2) is 4.98 Å². The van der Waals surface area contributed by atoms with Gasteiger partial charge in [-0.05, 0) is 27.7 Å². The molecule has 0 aliphatic carbocycles. The van der Waals surface area contributed by atoms with Crippen molar-refractivity contribution in [3.05, 3.63) is 16.1 Å². The molecule has 21 heavy (non-hydrogen) atoms. The molecule has 1 saturated heterocycles. The van der Waals surface area contributed by atoms with E-state index in [-0.39, 0.29) is 11.2 Å². The third kappa shape index (κ3) is 5.33. The Morgan fingerprint density at radius 1 is 1.29 bits per heavy atom. The first-order chi connectivity index (χ1) is 9.65. The molecule has 1 fully saturated rings. The summed E-state index contributed by atoms with van der Waals surface area (Å²) in [6.07, 6.45) is 0. The van der Waals surface area contributed by atoms with Gasteiger partial charge in [-0.2, -0.15) is 0 Å². The summed E-state index contributed by atoms with van der Waals surface area (Å²) in [6.45, 7) is 16.7. The zero-order valence-corrected chi connectivity index (χ0v) is 15.0. The lowest BCUT2D eigenvalue weighted by atomic mass is 9.99. The number of nitrogens with one attached hydrogen (secondary N) is 1. The lowest BCUT2D eigenvalue weighted by Gasteiger charge is -2.47. The smallest absolute Gasteiger partial charge is 0.107 e. The van der Waals surface area contributed by atoms with Crippen molar-refractivity contribution in [2.75, 3.05) is 13.1 Å². The van der Waals surface area contributed by atoms with Crippen molar-refractivity contribution in [2.24, 2.45) is 0 Å². The van der Waals surface area contributed by atoms with E-state index in [1.807, 2.05) is 0 Å². The predicted octanol–water partition coefficient (Wildman–Crippen LogP) is 3.03. The summed E-state index contributed by atoms with van der Waals surface area (Å²) in [5, 5.41) is 6.78. The predicted molar refractivity (Wildman–Crippen MR) is 88.6 cm³/mol. The molecule has 1 N–H and O–H groups in total. The summed E-state index contributed by atoms with van der Waals surface area (Å²) in [5.74, 6) is 0. The molecule has 1 aromatic heterocycles. The normalized spacial score (nSPS) is 21.9. The van der Waals surface area contributed by atoms with Crippen molar-refractivity contribution >= 4 is 11.3 Å². The van der Waals surface area contributed by atoms with E-state index in [4.69, 9.17) is 9.72 Å². The number of nitrogens with zero attached hydrogens (tertiary/aromatic N) is 2. The minimum atomic E-state index is -0.0974. The monoisotopic (exact) mass is 311 g/mol. The molecule has 0 unspecified atom stereocenters. The minimum Gasteiger partial charge on any atom is -0.367 e. The SMILES string of the molecule is CC(C)NCc1nc(CN2CC(C)(C)OC(C)(C)C2)cs1. The summed E-state index contributed by atoms with van der Waals surface area (Å²) in [6, 6.07) is 0.498. The highest BCUT2D eigenvalue weighted by Gasteiger charge is 2.38. The van der Waals surface area contributed by atoms with Gasteiger partial charge in [-0.1, -0.05) is 13.8 Å². The van der Waals surface area contributed by atoms with Crippen molar-refractivity contribution < 1.29 is 4.74 Å². The highest BCUT2D eigenvalue weighted by molar-refractivity contribution is 7.09. The Bertz CT molecular complexity index is 452. The van der Waals surface area contributed by atoms with Gasteiger partial charge in [0.15, 0.2) is 0 Å². The fourth-order valence-electron chi connectivity index (χ4n) is 3.08. The molecule has 0 aromatic carbocycles. The van der Waals surface area contributed by atoms with Crippen LogP contribution in [0, 0.1) is 0 Å². The molecule has 1 aliphatic heterocycles. The van der Waals surface area contributed by atoms with Crippen molar-refractivity contribution in [3.8, 4) is 0 Å². The van der Waals surface area contributed by atoms with Crippen LogP contribution in [-0.2, 0) is 17.8 Å². The van der Waals surface area contributed by atoms with Gasteiger partial charge in [0.1, 0.15) is 5.01 Å². The maximum absolute atomic E-state index is 6.13. The van der Waals surface area contributed by atoms with Gasteiger partial charge in [0, 0.05) is 37.6 Å². The Balaban J connectivity index is 1.95. The van der Waals surface area contributed by atoms with E-state index in [0.717, 1.165) is 26.2 Å². The average Bonchev–Trinajstić information content (AvgIpc) is 2.69. The lowest BCUT2D eigenvalue weighted by Crippen LogP contribution is -2.56. The highest BCUT2D eigenvalue weighted by atomic mass is 32.1. The van der Waals surface area contributed by atoms with Crippen LogP contribution in [-0.4, -0.2) is 40.2 Å². The van der Waals surface area contributed by atoms with Crippen molar-refractivity contribution in [1.29, 1.82) is 0 Å². The van der Waals surface area contributed by atoms with Crippen LogP contribution in [0.2, 0.25) is 0 Å². The second-order valence-corrected chi connectivity index (χ2v) is 8.48. The molecule has 0 saturated carbocycles. The molecule has 5 heteroatoms. The first-order valence-electron chi connectivity index (χ1n) is 7.74. The lowest BCUT2D eigenvalue weighted by molar-refractivity contribution is -0.182. The standard InChI is InChI=1S/C16H29N3OS/c1-12(2)17-7-14-18-13(9-21-14)8-19-10-15(3,4)20-16(5,6)11-19/h9,12,17H,7-8,10-11H2,1-6H3. The van der Waals surface area contributed by atoms with Gasteiger partial charge in [-0.15, -0.1) is 11.3 Å². The number of ether oxygens (including phenoxy) is 1. The average molecular weight is 311 g/mol. The van der Waals surface area contributed by atoms with Crippen LogP contribution in [0.25, 0.3) is 0 Å².